The molecule has 1 aromatic carbocycles. The van der Waals surface area contributed by atoms with Crippen LogP contribution in [-0.4, -0.2) is 100 Å². The maximum absolute atomic E-state index is 12.5. The number of nitriles is 2. The fourth-order valence-electron chi connectivity index (χ4n) is 6.98. The Kier molecular flexibility index (Phi) is 32.4. The largest absolute Gasteiger partial charge is 0.481 e. The van der Waals surface area contributed by atoms with Crippen LogP contribution in [0.4, 0.5) is 16.4 Å². The molecule has 0 bridgehead atoms. The molecular weight excluding hydrogens is 903 g/mol. The van der Waals surface area contributed by atoms with Crippen molar-refractivity contribution in [1.29, 1.82) is 10.5 Å². The first-order valence-corrected chi connectivity index (χ1v) is 25.3. The van der Waals surface area contributed by atoms with Gasteiger partial charge in [-0.25, -0.2) is 0 Å². The van der Waals surface area contributed by atoms with Gasteiger partial charge in [0.1, 0.15) is 30.2 Å². The Bertz CT molecular complexity index is 2000. The van der Waals surface area contributed by atoms with Crippen molar-refractivity contribution in [1.82, 2.24) is 0 Å². The second kappa shape index (κ2) is 37.4. The van der Waals surface area contributed by atoms with Crippen molar-refractivity contribution in [2.75, 3.05) is 70.8 Å². The summed E-state index contributed by atoms with van der Waals surface area (Å²) in [5.74, 6) is -4.95. The van der Waals surface area contributed by atoms with Crippen LogP contribution in [0.1, 0.15) is 138 Å². The first-order chi connectivity index (χ1) is 33.4. The zero-order chi connectivity index (χ0) is 50.5. The Labute approximate surface area is 413 Å². The highest BCUT2D eigenvalue weighted by atomic mass is 32.1. The number of thiophene rings is 1. The molecule has 2 aromatic rings. The summed E-state index contributed by atoms with van der Waals surface area (Å²) in [6.07, 6.45) is 21.2. The average Bonchev–Trinajstić information content (AvgIpc) is 3.64. The summed E-state index contributed by atoms with van der Waals surface area (Å²) in [4.78, 5) is 50.8. The minimum absolute atomic E-state index is 0.00612. The van der Waals surface area contributed by atoms with Crippen LogP contribution in [0.25, 0.3) is 0 Å². The second-order valence-electron chi connectivity index (χ2n) is 16.7. The molecule has 0 spiro atoms. The maximum atomic E-state index is 12.5. The monoisotopic (exact) mass is 978 g/mol. The van der Waals surface area contributed by atoms with Crippen LogP contribution in [-0.2, 0) is 42.9 Å². The summed E-state index contributed by atoms with van der Waals surface area (Å²) < 4.78 is 27.8. The average molecular weight is 978 g/mol. The van der Waals surface area contributed by atoms with Crippen molar-refractivity contribution >= 4 is 51.6 Å². The van der Waals surface area contributed by atoms with Crippen molar-refractivity contribution in [2.45, 2.75) is 130 Å². The zero-order valence-electron chi connectivity index (χ0n) is 41.3. The number of hydrogen-bond acceptors (Lipinski definition) is 15. The molecular formula is C52H75N5O11S. The molecule has 2 atom stereocenters. The number of allylic oxidation sites excluding steroid dienone is 4. The van der Waals surface area contributed by atoms with E-state index >= 15 is 0 Å². The van der Waals surface area contributed by atoms with E-state index in [9.17, 15) is 39.9 Å². The third kappa shape index (κ3) is 26.2. The number of hydrogen-bond donors (Lipinski definition) is 2. The molecule has 2 N–H and O–H groups in total. The normalized spacial score (nSPS) is 12.3. The summed E-state index contributed by atoms with van der Waals surface area (Å²) in [7, 11) is 0. The lowest BCUT2D eigenvalue weighted by atomic mass is 10.0. The lowest BCUT2D eigenvalue weighted by Gasteiger charge is -2.25. The number of ether oxygens (including phenoxy) is 5. The van der Waals surface area contributed by atoms with Crippen molar-refractivity contribution in [2.24, 2.45) is 22.1 Å². The Morgan fingerprint density at radius 1 is 0.667 bits per heavy atom. The van der Waals surface area contributed by atoms with Crippen molar-refractivity contribution in [3.05, 3.63) is 64.1 Å². The molecule has 0 aliphatic carbocycles. The third-order valence-electron chi connectivity index (χ3n) is 11.1. The standard InChI is InChI=1S/C52H75N5O11S/c1-5-7-9-11-13-15-17-19-21-42(51(60)61)36-48(58)67-33-31-65-28-26-57(44-23-24-46(40(3)35-44)55-56-50-45(38-53)41(4)47(39-54)69-50)25-27-64-29-30-66-32-34-68-49(59)37-43(52(62)63)22-20-18-16-14-12-10-8-6-2/h17-20,23-24,35,42-43H,5-16,21-22,25-34,36-37H2,1-4H3,(H,60,61)(H,62,63)/b19-17+,20-18+,56-55?. The van der Waals surface area contributed by atoms with Crippen LogP contribution in [0.2, 0.25) is 0 Å². The van der Waals surface area contributed by atoms with Gasteiger partial charge in [0.2, 0.25) is 0 Å². The van der Waals surface area contributed by atoms with E-state index in [-0.39, 0.29) is 71.9 Å². The van der Waals surface area contributed by atoms with Gasteiger partial charge in [0.05, 0.1) is 75.6 Å². The number of aryl methyl sites for hydroxylation is 1. The number of benzene rings is 1. The van der Waals surface area contributed by atoms with Gasteiger partial charge in [-0.3, -0.25) is 19.2 Å². The van der Waals surface area contributed by atoms with Crippen LogP contribution in [0, 0.1) is 48.3 Å². The fourth-order valence-corrected chi connectivity index (χ4v) is 7.86. The number of esters is 2. The number of anilines is 1. The smallest absolute Gasteiger partial charge is 0.307 e. The lowest BCUT2D eigenvalue weighted by Crippen LogP contribution is -2.31. The van der Waals surface area contributed by atoms with E-state index in [4.69, 9.17) is 23.7 Å². The molecule has 2 rings (SSSR count). The first-order valence-electron chi connectivity index (χ1n) is 24.5. The Morgan fingerprint density at radius 3 is 1.62 bits per heavy atom. The van der Waals surface area contributed by atoms with Gasteiger partial charge in [-0.05, 0) is 81.7 Å². The lowest BCUT2D eigenvalue weighted by molar-refractivity contribution is -0.152. The summed E-state index contributed by atoms with van der Waals surface area (Å²) in [6.45, 7) is 10.2. The number of nitrogens with zero attached hydrogens (tertiary/aromatic N) is 5. The summed E-state index contributed by atoms with van der Waals surface area (Å²) in [5, 5.41) is 47.3. The minimum atomic E-state index is -1.04. The molecule has 0 fully saturated rings. The number of carboxylic acid groups (broad SMARTS) is 2. The molecule has 1 aromatic heterocycles. The molecule has 1 heterocycles. The Balaban J connectivity index is 1.87. The van der Waals surface area contributed by atoms with Crippen LogP contribution < -0.4 is 4.90 Å². The number of rotatable bonds is 40. The van der Waals surface area contributed by atoms with Gasteiger partial charge in [-0.1, -0.05) is 89.5 Å². The molecule has 0 aliphatic heterocycles. The van der Waals surface area contributed by atoms with E-state index in [0.717, 1.165) is 61.1 Å². The topological polar surface area (TPSA) is 230 Å². The SMILES string of the molecule is CCCCCCC/C=C/CC(CC(=O)OCCOCCOCCN(CCOCCOC(=O)CC(C/C=C/CCCCCCC)C(=O)O)c1ccc(N=Nc2sc(C#N)c(C)c2C#N)c(C)c1)C(=O)O. The van der Waals surface area contributed by atoms with Crippen LogP contribution in [0.5, 0.6) is 0 Å². The van der Waals surface area contributed by atoms with Gasteiger partial charge in [0.25, 0.3) is 0 Å². The number of azo groups is 1. The molecule has 0 aliphatic rings. The van der Waals surface area contributed by atoms with Crippen molar-refractivity contribution in [3.8, 4) is 12.1 Å². The van der Waals surface area contributed by atoms with Gasteiger partial charge < -0.3 is 38.8 Å². The predicted octanol–water partition coefficient (Wildman–Crippen LogP) is 11.3. The van der Waals surface area contributed by atoms with Gasteiger partial charge in [-0.15, -0.1) is 21.6 Å². The molecule has 0 saturated heterocycles. The van der Waals surface area contributed by atoms with E-state index < -0.39 is 35.7 Å². The Hall–Kier alpha value is -5.46. The summed E-state index contributed by atoms with van der Waals surface area (Å²) in [5.41, 5.74) is 3.15. The molecule has 0 amide bonds. The van der Waals surface area contributed by atoms with Crippen molar-refractivity contribution < 1.29 is 53.1 Å². The molecule has 0 radical (unpaired) electrons. The van der Waals surface area contributed by atoms with Gasteiger partial charge in [0, 0.05) is 18.8 Å². The minimum Gasteiger partial charge on any atom is -0.481 e. The molecule has 0 saturated carbocycles. The third-order valence-corrected chi connectivity index (χ3v) is 12.2. The number of carbonyl (C=O) groups is 4. The second-order valence-corrected chi connectivity index (χ2v) is 17.7. The first kappa shape index (κ1) is 59.7. The van der Waals surface area contributed by atoms with Gasteiger partial charge >= 0.3 is 23.9 Å². The highest BCUT2D eigenvalue weighted by molar-refractivity contribution is 7.16. The summed E-state index contributed by atoms with van der Waals surface area (Å²) >= 11 is 1.11. The Morgan fingerprint density at radius 2 is 1.16 bits per heavy atom. The van der Waals surface area contributed by atoms with Crippen LogP contribution in [0.15, 0.2) is 52.7 Å². The number of carbonyl (C=O) groups excluding carboxylic acids is 2. The zero-order valence-corrected chi connectivity index (χ0v) is 42.1. The molecule has 16 nitrogen and oxygen atoms in total. The maximum Gasteiger partial charge on any atom is 0.307 e. The van der Waals surface area contributed by atoms with E-state index in [0.29, 0.717) is 46.4 Å². The van der Waals surface area contributed by atoms with Crippen LogP contribution in [0.3, 0.4) is 0 Å². The predicted molar refractivity (Wildman–Crippen MR) is 266 cm³/mol. The molecule has 69 heavy (non-hydrogen) atoms. The van der Waals surface area contributed by atoms with E-state index in [1.165, 1.54) is 38.5 Å². The number of unbranched alkanes of at least 4 members (excludes halogenated alkanes) is 10. The molecule has 17 heteroatoms. The molecule has 380 valence electrons. The fraction of sp³-hybridized carbons (Fsp3) is 0.615. The van der Waals surface area contributed by atoms with Gasteiger partial charge in [-0.2, -0.15) is 10.5 Å². The number of carboxylic acids is 2. The van der Waals surface area contributed by atoms with Crippen LogP contribution >= 0.6 is 11.3 Å². The number of aliphatic carboxylic acids is 2. The van der Waals surface area contributed by atoms with Crippen molar-refractivity contribution in [3.63, 3.8) is 0 Å². The quantitative estimate of drug-likeness (QED) is 0.0274. The van der Waals surface area contributed by atoms with E-state index in [2.05, 4.69) is 41.1 Å². The van der Waals surface area contributed by atoms with E-state index in [1.807, 2.05) is 49.4 Å². The van der Waals surface area contributed by atoms with Gasteiger partial charge in [0.15, 0.2) is 5.00 Å². The highest BCUT2D eigenvalue weighted by Crippen LogP contribution is 2.36. The van der Waals surface area contributed by atoms with E-state index in [1.54, 1.807) is 6.92 Å². The highest BCUT2D eigenvalue weighted by Gasteiger charge is 2.22. The molecule has 2 unspecified atom stereocenters. The summed E-state index contributed by atoms with van der Waals surface area (Å²) in [6, 6.07) is 9.84.